The van der Waals surface area contributed by atoms with Crippen molar-refractivity contribution in [2.45, 2.75) is 18.9 Å². The number of aromatic nitrogens is 3. The van der Waals surface area contributed by atoms with Crippen LogP contribution in [0.2, 0.25) is 0 Å². The second-order valence-electron chi connectivity index (χ2n) is 6.24. The van der Waals surface area contributed by atoms with Crippen LogP contribution in [0.3, 0.4) is 0 Å². The van der Waals surface area contributed by atoms with Crippen LogP contribution in [0.5, 0.6) is 11.6 Å². The number of hydrogen-bond acceptors (Lipinski definition) is 7. The van der Waals surface area contributed by atoms with Gasteiger partial charge in [0.05, 0.1) is 31.7 Å². The molecule has 3 heterocycles. The van der Waals surface area contributed by atoms with Crippen molar-refractivity contribution in [1.82, 2.24) is 14.5 Å². The summed E-state index contributed by atoms with van der Waals surface area (Å²) in [6.07, 6.45) is 3.74. The van der Waals surface area contributed by atoms with E-state index in [0.717, 1.165) is 35.3 Å². The number of anilines is 1. The molecule has 0 saturated carbocycles. The lowest BCUT2D eigenvalue weighted by Gasteiger charge is -2.23. The summed E-state index contributed by atoms with van der Waals surface area (Å²) in [6, 6.07) is 9.81. The Morgan fingerprint density at radius 2 is 2.11 bits per heavy atom. The summed E-state index contributed by atoms with van der Waals surface area (Å²) in [4.78, 5) is 9.18. The van der Waals surface area contributed by atoms with Crippen LogP contribution in [0.1, 0.15) is 12.8 Å². The van der Waals surface area contributed by atoms with Gasteiger partial charge in [0.15, 0.2) is 0 Å². The highest BCUT2D eigenvalue weighted by Gasteiger charge is 2.21. The molecule has 0 aliphatic carbocycles. The number of nitrogens with zero attached hydrogens (tertiary/aromatic N) is 3. The number of nitrogens with one attached hydrogen (secondary N) is 1. The van der Waals surface area contributed by atoms with Crippen molar-refractivity contribution >= 4 is 29.6 Å². The fraction of sp³-hybridized carbons (Fsp3) is 0.368. The summed E-state index contributed by atoms with van der Waals surface area (Å²) in [5.41, 5.74) is 2.60. The number of benzene rings is 1. The zero-order valence-electron chi connectivity index (χ0n) is 15.1. The van der Waals surface area contributed by atoms with E-state index in [1.54, 1.807) is 7.11 Å². The molecule has 27 heavy (non-hydrogen) atoms. The molecule has 1 fully saturated rings. The Labute approximate surface area is 163 Å². The first-order chi connectivity index (χ1) is 13.3. The molecule has 3 aromatic rings. The minimum Gasteiger partial charge on any atom is -0.497 e. The van der Waals surface area contributed by atoms with Crippen molar-refractivity contribution in [3.63, 3.8) is 0 Å². The van der Waals surface area contributed by atoms with Crippen molar-refractivity contribution in [2.75, 3.05) is 31.5 Å². The Balaban J connectivity index is 1.80. The molecular weight excluding hydrogens is 364 g/mol. The van der Waals surface area contributed by atoms with Gasteiger partial charge in [0.2, 0.25) is 11.8 Å². The minimum atomic E-state index is 0.0781. The molecule has 0 spiro atoms. The van der Waals surface area contributed by atoms with Gasteiger partial charge >= 0.3 is 0 Å². The van der Waals surface area contributed by atoms with E-state index in [-0.39, 0.29) is 6.10 Å². The fourth-order valence-electron chi connectivity index (χ4n) is 3.17. The van der Waals surface area contributed by atoms with Crippen LogP contribution < -0.4 is 14.8 Å². The molecule has 0 atom stereocenters. The number of rotatable bonds is 6. The summed E-state index contributed by atoms with van der Waals surface area (Å²) in [7, 11) is 1.66. The van der Waals surface area contributed by atoms with Gasteiger partial charge in [-0.25, -0.2) is 4.98 Å². The van der Waals surface area contributed by atoms with Crippen LogP contribution in [-0.2, 0) is 4.74 Å². The van der Waals surface area contributed by atoms with E-state index in [4.69, 9.17) is 14.2 Å². The van der Waals surface area contributed by atoms with Gasteiger partial charge in [-0.3, -0.25) is 0 Å². The maximum Gasteiger partial charge on any atom is 0.244 e. The van der Waals surface area contributed by atoms with E-state index in [1.807, 2.05) is 41.1 Å². The zero-order valence-corrected chi connectivity index (χ0v) is 16.0. The Hall–Kier alpha value is -2.45. The predicted molar refractivity (Wildman–Crippen MR) is 107 cm³/mol. The lowest BCUT2D eigenvalue weighted by Crippen LogP contribution is -2.26. The molecule has 142 valence electrons. The second kappa shape index (κ2) is 8.06. The molecule has 1 aliphatic rings. The summed E-state index contributed by atoms with van der Waals surface area (Å²) in [6.45, 7) is 1.41. The monoisotopic (exact) mass is 386 g/mol. The third-order valence-electron chi connectivity index (χ3n) is 4.52. The highest BCUT2D eigenvalue weighted by atomic mass is 32.1. The third kappa shape index (κ3) is 3.81. The highest BCUT2D eigenvalue weighted by Crippen LogP contribution is 2.31. The molecule has 1 aliphatic heterocycles. The summed E-state index contributed by atoms with van der Waals surface area (Å²) in [5.74, 6) is 2.29. The van der Waals surface area contributed by atoms with Gasteiger partial charge in [0.1, 0.15) is 17.4 Å². The van der Waals surface area contributed by atoms with E-state index < -0.39 is 0 Å². The molecule has 4 rings (SSSR count). The lowest BCUT2D eigenvalue weighted by molar-refractivity contribution is 0.0243. The zero-order chi connectivity index (χ0) is 18.6. The minimum absolute atomic E-state index is 0.0781. The maximum absolute atomic E-state index is 6.28. The normalized spacial score (nSPS) is 15.0. The third-order valence-corrected chi connectivity index (χ3v) is 4.67. The molecular formula is C19H22N4O3S. The van der Waals surface area contributed by atoms with Crippen molar-refractivity contribution in [3.05, 3.63) is 36.5 Å². The van der Waals surface area contributed by atoms with Gasteiger partial charge in [-0.15, -0.1) is 0 Å². The van der Waals surface area contributed by atoms with Crippen molar-refractivity contribution in [2.24, 2.45) is 0 Å². The molecule has 0 amide bonds. The number of hydrogen-bond donors (Lipinski definition) is 2. The lowest BCUT2D eigenvalue weighted by atomic mass is 10.1. The van der Waals surface area contributed by atoms with E-state index in [0.29, 0.717) is 30.9 Å². The van der Waals surface area contributed by atoms with Crippen LogP contribution in [0.25, 0.3) is 16.7 Å². The van der Waals surface area contributed by atoms with Gasteiger partial charge in [-0.1, -0.05) is 6.07 Å². The second-order valence-corrected chi connectivity index (χ2v) is 6.55. The van der Waals surface area contributed by atoms with Crippen molar-refractivity contribution in [3.8, 4) is 17.3 Å². The molecule has 0 unspecified atom stereocenters. The topological polar surface area (TPSA) is 70.4 Å². The highest BCUT2D eigenvalue weighted by molar-refractivity contribution is 7.80. The Bertz CT molecular complexity index is 924. The molecule has 2 aromatic heterocycles. The van der Waals surface area contributed by atoms with Crippen molar-refractivity contribution < 1.29 is 14.2 Å². The van der Waals surface area contributed by atoms with Gasteiger partial charge in [0, 0.05) is 30.8 Å². The van der Waals surface area contributed by atoms with Gasteiger partial charge in [0.25, 0.3) is 0 Å². The Kier molecular flexibility index (Phi) is 5.35. The SMILES string of the molecule is COc1cccc(-n2ccc3nc(NCS)nc(OC4CCOCC4)c32)c1. The van der Waals surface area contributed by atoms with Crippen molar-refractivity contribution in [1.29, 1.82) is 0 Å². The van der Waals surface area contributed by atoms with Gasteiger partial charge < -0.3 is 24.1 Å². The number of methoxy groups -OCH3 is 1. The first-order valence-electron chi connectivity index (χ1n) is 8.91. The quantitative estimate of drug-likeness (QED) is 0.500. The number of thiol groups is 1. The average Bonchev–Trinajstić information content (AvgIpc) is 3.13. The summed E-state index contributed by atoms with van der Waals surface area (Å²) >= 11 is 4.21. The molecule has 1 saturated heterocycles. The van der Waals surface area contributed by atoms with E-state index in [1.165, 1.54) is 0 Å². The van der Waals surface area contributed by atoms with Gasteiger partial charge in [-0.2, -0.15) is 17.6 Å². The molecule has 8 heteroatoms. The fourth-order valence-corrected chi connectivity index (χ4v) is 3.31. The summed E-state index contributed by atoms with van der Waals surface area (Å²) < 4.78 is 19.1. The van der Waals surface area contributed by atoms with Gasteiger partial charge in [-0.05, 0) is 18.2 Å². The standard InChI is InChI=1S/C19H22N4O3S/c1-24-15-4-2-3-13(11-15)23-8-5-16-17(23)18(22-19(21-16)20-12-27)26-14-6-9-25-10-7-14/h2-5,8,11,14,27H,6-7,9-10,12H2,1H3,(H,20,21,22). The molecule has 1 N–H and O–H groups in total. The first-order valence-corrected chi connectivity index (χ1v) is 9.54. The predicted octanol–water partition coefficient (Wildman–Crippen LogP) is 3.29. The van der Waals surface area contributed by atoms with E-state index in [9.17, 15) is 0 Å². The maximum atomic E-state index is 6.28. The first kappa shape index (κ1) is 17.9. The van der Waals surface area contributed by atoms with E-state index >= 15 is 0 Å². The van der Waals surface area contributed by atoms with E-state index in [2.05, 4.69) is 27.9 Å². The number of ether oxygens (including phenoxy) is 3. The molecule has 0 bridgehead atoms. The van der Waals surface area contributed by atoms with Crippen LogP contribution in [0.4, 0.5) is 5.95 Å². The molecule has 7 nitrogen and oxygen atoms in total. The largest absolute Gasteiger partial charge is 0.497 e. The smallest absolute Gasteiger partial charge is 0.244 e. The number of fused-ring (bicyclic) bond motifs is 1. The Morgan fingerprint density at radius 3 is 2.89 bits per heavy atom. The summed E-state index contributed by atoms with van der Waals surface area (Å²) in [5, 5.41) is 3.05. The van der Waals surface area contributed by atoms with Crippen LogP contribution in [-0.4, -0.2) is 46.8 Å². The molecule has 1 aromatic carbocycles. The average molecular weight is 386 g/mol. The van der Waals surface area contributed by atoms with Crippen LogP contribution in [0, 0.1) is 0 Å². The van der Waals surface area contributed by atoms with Crippen LogP contribution in [0.15, 0.2) is 36.5 Å². The molecule has 0 radical (unpaired) electrons. The van der Waals surface area contributed by atoms with Crippen LogP contribution >= 0.6 is 12.6 Å². The Morgan fingerprint density at radius 1 is 1.26 bits per heavy atom.